The average Bonchev–Trinajstić information content (AvgIpc) is 3.01. The third-order valence-corrected chi connectivity index (χ3v) is 3.78. The average molecular weight is 365 g/mol. The van der Waals surface area contributed by atoms with E-state index in [2.05, 4.69) is 22.5 Å². The Bertz CT molecular complexity index is 245. The second-order valence-corrected chi connectivity index (χ2v) is 5.47. The van der Waals surface area contributed by atoms with Gasteiger partial charge in [-0.15, -0.1) is 24.0 Å². The molecule has 0 aromatic carbocycles. The first-order valence-corrected chi connectivity index (χ1v) is 7.43. The van der Waals surface area contributed by atoms with E-state index in [0.717, 1.165) is 25.0 Å². The minimum atomic E-state index is 0. The number of rotatable bonds is 6. The number of halogens is 1. The molecule has 0 atom stereocenters. The largest absolute Gasteiger partial charge is 0.357 e. The zero-order valence-electron chi connectivity index (χ0n) is 11.6. The predicted molar refractivity (Wildman–Crippen MR) is 88.7 cm³/mol. The standard InChI is InChI=1S/C14H27N3.HI/c1-2-15-14(17-13-7-3-4-8-13)16-11-5-6-12-9-10-12;/h12-13H,2-11H2,1H3,(H2,15,16,17);1H. The van der Waals surface area contributed by atoms with Crippen molar-refractivity contribution in [1.29, 1.82) is 0 Å². The number of nitrogens with one attached hydrogen (secondary N) is 2. The first-order valence-electron chi connectivity index (χ1n) is 7.43. The van der Waals surface area contributed by atoms with Crippen molar-refractivity contribution in [2.75, 3.05) is 13.1 Å². The molecule has 4 heteroatoms. The van der Waals surface area contributed by atoms with Crippen LogP contribution < -0.4 is 10.6 Å². The number of hydrogen-bond donors (Lipinski definition) is 2. The maximum absolute atomic E-state index is 4.67. The summed E-state index contributed by atoms with van der Waals surface area (Å²) in [7, 11) is 0. The fourth-order valence-corrected chi connectivity index (χ4v) is 2.56. The zero-order chi connectivity index (χ0) is 11.9. The Morgan fingerprint density at radius 3 is 2.50 bits per heavy atom. The minimum absolute atomic E-state index is 0. The maximum atomic E-state index is 4.67. The van der Waals surface area contributed by atoms with Crippen LogP contribution in [0.1, 0.15) is 58.3 Å². The Balaban J connectivity index is 0.00000162. The molecular formula is C14H28IN3. The molecule has 0 amide bonds. The van der Waals surface area contributed by atoms with E-state index in [1.807, 2.05) is 0 Å². The van der Waals surface area contributed by atoms with E-state index in [0.29, 0.717) is 6.04 Å². The summed E-state index contributed by atoms with van der Waals surface area (Å²) >= 11 is 0. The van der Waals surface area contributed by atoms with E-state index >= 15 is 0 Å². The highest BCUT2D eigenvalue weighted by molar-refractivity contribution is 14.0. The SMILES string of the molecule is CCNC(=NCCCC1CC1)NC1CCCC1.I. The summed E-state index contributed by atoms with van der Waals surface area (Å²) in [6, 6.07) is 0.663. The van der Waals surface area contributed by atoms with Gasteiger partial charge in [-0.3, -0.25) is 4.99 Å². The Morgan fingerprint density at radius 1 is 1.17 bits per heavy atom. The lowest BCUT2D eigenvalue weighted by Gasteiger charge is -2.16. The lowest BCUT2D eigenvalue weighted by atomic mass is 10.2. The van der Waals surface area contributed by atoms with E-state index in [1.54, 1.807) is 0 Å². The van der Waals surface area contributed by atoms with Crippen LogP contribution in [-0.4, -0.2) is 25.1 Å². The van der Waals surface area contributed by atoms with Crippen molar-refractivity contribution < 1.29 is 0 Å². The van der Waals surface area contributed by atoms with Crippen LogP contribution in [0.5, 0.6) is 0 Å². The molecular weight excluding hydrogens is 337 g/mol. The van der Waals surface area contributed by atoms with Crippen LogP contribution in [0.4, 0.5) is 0 Å². The van der Waals surface area contributed by atoms with Gasteiger partial charge in [-0.2, -0.15) is 0 Å². The van der Waals surface area contributed by atoms with E-state index in [1.165, 1.54) is 51.4 Å². The van der Waals surface area contributed by atoms with Gasteiger partial charge < -0.3 is 10.6 Å². The van der Waals surface area contributed by atoms with Crippen molar-refractivity contribution in [2.45, 2.75) is 64.3 Å². The smallest absolute Gasteiger partial charge is 0.191 e. The van der Waals surface area contributed by atoms with Crippen molar-refractivity contribution in [1.82, 2.24) is 10.6 Å². The third kappa shape index (κ3) is 6.25. The summed E-state index contributed by atoms with van der Waals surface area (Å²) in [5, 5.41) is 6.91. The van der Waals surface area contributed by atoms with Crippen LogP contribution in [0.3, 0.4) is 0 Å². The van der Waals surface area contributed by atoms with Crippen LogP contribution >= 0.6 is 24.0 Å². The van der Waals surface area contributed by atoms with E-state index in [9.17, 15) is 0 Å². The van der Waals surface area contributed by atoms with Crippen molar-refractivity contribution >= 4 is 29.9 Å². The molecule has 2 saturated carbocycles. The molecule has 2 aliphatic carbocycles. The van der Waals surface area contributed by atoms with Gasteiger partial charge >= 0.3 is 0 Å². The first kappa shape index (κ1) is 16.1. The van der Waals surface area contributed by atoms with Crippen LogP contribution in [0, 0.1) is 5.92 Å². The fourth-order valence-electron chi connectivity index (χ4n) is 2.56. The molecule has 0 aromatic rings. The van der Waals surface area contributed by atoms with Gasteiger partial charge in [0.25, 0.3) is 0 Å². The highest BCUT2D eigenvalue weighted by Crippen LogP contribution is 2.33. The molecule has 0 aromatic heterocycles. The van der Waals surface area contributed by atoms with Crippen LogP contribution in [-0.2, 0) is 0 Å². The van der Waals surface area contributed by atoms with Crippen molar-refractivity contribution in [3.63, 3.8) is 0 Å². The Kier molecular flexibility index (Phi) is 8.02. The van der Waals surface area contributed by atoms with E-state index < -0.39 is 0 Å². The van der Waals surface area contributed by atoms with Gasteiger partial charge in [0.1, 0.15) is 0 Å². The molecule has 2 aliphatic rings. The summed E-state index contributed by atoms with van der Waals surface area (Å²) in [6.07, 6.45) is 10.9. The normalized spacial score (nSPS) is 20.6. The van der Waals surface area contributed by atoms with Crippen molar-refractivity contribution in [3.8, 4) is 0 Å². The number of hydrogen-bond acceptors (Lipinski definition) is 1. The lowest BCUT2D eigenvalue weighted by molar-refractivity contribution is 0.609. The summed E-state index contributed by atoms with van der Waals surface area (Å²) in [5.74, 6) is 2.07. The molecule has 3 nitrogen and oxygen atoms in total. The second-order valence-electron chi connectivity index (χ2n) is 5.47. The van der Waals surface area contributed by atoms with Gasteiger partial charge in [0, 0.05) is 19.1 Å². The highest BCUT2D eigenvalue weighted by Gasteiger charge is 2.20. The molecule has 0 spiro atoms. The highest BCUT2D eigenvalue weighted by atomic mass is 127. The van der Waals surface area contributed by atoms with Crippen LogP contribution in [0.25, 0.3) is 0 Å². The molecule has 0 heterocycles. The van der Waals surface area contributed by atoms with Gasteiger partial charge in [-0.05, 0) is 38.5 Å². The van der Waals surface area contributed by atoms with Gasteiger partial charge in [0.15, 0.2) is 5.96 Å². The molecule has 106 valence electrons. The molecule has 0 unspecified atom stereocenters. The van der Waals surface area contributed by atoms with Gasteiger partial charge in [0.2, 0.25) is 0 Å². The number of guanidine groups is 1. The quantitative estimate of drug-likeness (QED) is 0.328. The summed E-state index contributed by atoms with van der Waals surface area (Å²) in [6.45, 7) is 4.08. The third-order valence-electron chi connectivity index (χ3n) is 3.78. The Morgan fingerprint density at radius 2 is 1.89 bits per heavy atom. The van der Waals surface area contributed by atoms with E-state index in [4.69, 9.17) is 0 Å². The molecule has 2 rings (SSSR count). The van der Waals surface area contributed by atoms with Gasteiger partial charge in [0.05, 0.1) is 0 Å². The van der Waals surface area contributed by atoms with Gasteiger partial charge in [-0.1, -0.05) is 25.7 Å². The first-order chi connectivity index (χ1) is 8.38. The predicted octanol–water partition coefficient (Wildman–Crippen LogP) is 3.29. The van der Waals surface area contributed by atoms with Crippen molar-refractivity contribution in [3.05, 3.63) is 0 Å². The molecule has 0 bridgehead atoms. The van der Waals surface area contributed by atoms with E-state index in [-0.39, 0.29) is 24.0 Å². The minimum Gasteiger partial charge on any atom is -0.357 e. The lowest BCUT2D eigenvalue weighted by Crippen LogP contribution is -2.42. The molecule has 0 radical (unpaired) electrons. The monoisotopic (exact) mass is 365 g/mol. The molecule has 2 fully saturated rings. The molecule has 18 heavy (non-hydrogen) atoms. The Hall–Kier alpha value is 0. The second kappa shape index (κ2) is 8.99. The Labute approximate surface area is 129 Å². The summed E-state index contributed by atoms with van der Waals surface area (Å²) in [5.41, 5.74) is 0. The molecule has 0 saturated heterocycles. The zero-order valence-corrected chi connectivity index (χ0v) is 13.9. The van der Waals surface area contributed by atoms with Crippen LogP contribution in [0.15, 0.2) is 4.99 Å². The van der Waals surface area contributed by atoms with Crippen molar-refractivity contribution in [2.24, 2.45) is 10.9 Å². The topological polar surface area (TPSA) is 36.4 Å². The molecule has 0 aliphatic heterocycles. The summed E-state index contributed by atoms with van der Waals surface area (Å²) < 4.78 is 0. The maximum Gasteiger partial charge on any atom is 0.191 e. The van der Waals surface area contributed by atoms with Gasteiger partial charge in [-0.25, -0.2) is 0 Å². The molecule has 2 N–H and O–H groups in total. The summed E-state index contributed by atoms with van der Waals surface area (Å²) in [4.78, 5) is 4.67. The number of aliphatic imine (C=N–C) groups is 1. The fraction of sp³-hybridized carbons (Fsp3) is 0.929. The number of nitrogens with zero attached hydrogens (tertiary/aromatic N) is 1. The van der Waals surface area contributed by atoms with Crippen LogP contribution in [0.2, 0.25) is 0 Å².